The van der Waals surface area contributed by atoms with Crippen LogP contribution in [-0.4, -0.2) is 37.2 Å². The third-order valence-electron chi connectivity index (χ3n) is 12.2. The Bertz CT molecular complexity index is 1720. The van der Waals surface area contributed by atoms with Crippen molar-refractivity contribution >= 4 is 17.9 Å². The number of allylic oxidation sites excluding steroid dienone is 26. The third kappa shape index (κ3) is 59.9. The van der Waals surface area contributed by atoms with E-state index in [1.807, 2.05) is 0 Å². The maximum atomic E-state index is 12.9. The van der Waals surface area contributed by atoms with Gasteiger partial charge in [0.2, 0.25) is 0 Å². The molecule has 1 unspecified atom stereocenters. The average molecular weight is 1050 g/mol. The van der Waals surface area contributed by atoms with Crippen molar-refractivity contribution < 1.29 is 28.6 Å². The molecule has 0 radical (unpaired) electrons. The molecule has 0 aromatic carbocycles. The first-order valence-corrected chi connectivity index (χ1v) is 30.5. The smallest absolute Gasteiger partial charge is 0.306 e. The number of rotatable bonds is 53. The quantitative estimate of drug-likeness (QED) is 0.0261. The molecule has 0 fully saturated rings. The highest BCUT2D eigenvalue weighted by Crippen LogP contribution is 2.13. The SMILES string of the molecule is CC/C=C\C/C=C\C/C=C\C/C=C\C/C=C\C/C=C\CCCCCCC(=O)OCC(COC(=O)CCCCCCC/C=C\CCCCC)OC(=O)CCCCCC/C=C\C/C=C\C/C=C\C/C=C\C/C=C\C/C=C\CC. The van der Waals surface area contributed by atoms with Crippen LogP contribution in [0.15, 0.2) is 158 Å². The molecule has 0 rings (SSSR count). The van der Waals surface area contributed by atoms with Crippen LogP contribution in [0, 0.1) is 0 Å². The Hall–Kier alpha value is -4.97. The van der Waals surface area contributed by atoms with Crippen molar-refractivity contribution in [2.45, 2.75) is 252 Å². The Balaban J connectivity index is 4.49. The van der Waals surface area contributed by atoms with Crippen LogP contribution in [0.3, 0.4) is 0 Å². The van der Waals surface area contributed by atoms with Crippen LogP contribution in [0.1, 0.15) is 245 Å². The van der Waals surface area contributed by atoms with E-state index in [-0.39, 0.29) is 37.5 Å². The average Bonchev–Trinajstić information content (AvgIpc) is 3.42. The summed E-state index contributed by atoms with van der Waals surface area (Å²) in [5, 5.41) is 0. The first kappa shape index (κ1) is 71.0. The molecule has 1 atom stereocenters. The van der Waals surface area contributed by atoms with Crippen molar-refractivity contribution in [2.24, 2.45) is 0 Å². The summed E-state index contributed by atoms with van der Waals surface area (Å²) in [6, 6.07) is 0. The van der Waals surface area contributed by atoms with Gasteiger partial charge in [-0.1, -0.05) is 237 Å². The van der Waals surface area contributed by atoms with Gasteiger partial charge in [-0.05, 0) is 148 Å². The predicted octanol–water partition coefficient (Wildman–Crippen LogP) is 20.9. The predicted molar refractivity (Wildman–Crippen MR) is 329 cm³/mol. The highest BCUT2D eigenvalue weighted by molar-refractivity contribution is 5.71. The van der Waals surface area contributed by atoms with Crippen molar-refractivity contribution in [1.29, 1.82) is 0 Å². The van der Waals surface area contributed by atoms with E-state index in [4.69, 9.17) is 14.2 Å². The molecule has 0 N–H and O–H groups in total. The molecule has 0 bridgehead atoms. The third-order valence-corrected chi connectivity index (χ3v) is 12.2. The summed E-state index contributed by atoms with van der Waals surface area (Å²) in [6.45, 7) is 6.33. The lowest BCUT2D eigenvalue weighted by molar-refractivity contribution is -0.167. The van der Waals surface area contributed by atoms with E-state index in [1.54, 1.807) is 0 Å². The summed E-state index contributed by atoms with van der Waals surface area (Å²) in [5.41, 5.74) is 0. The summed E-state index contributed by atoms with van der Waals surface area (Å²) in [6.07, 6.45) is 90.9. The molecule has 0 amide bonds. The second kappa shape index (κ2) is 62.6. The van der Waals surface area contributed by atoms with Gasteiger partial charge < -0.3 is 14.2 Å². The molecule has 76 heavy (non-hydrogen) atoms. The first-order valence-electron chi connectivity index (χ1n) is 30.5. The lowest BCUT2D eigenvalue weighted by Gasteiger charge is -2.18. The first-order chi connectivity index (χ1) is 37.5. The van der Waals surface area contributed by atoms with E-state index in [0.29, 0.717) is 12.8 Å². The van der Waals surface area contributed by atoms with E-state index in [2.05, 4.69) is 179 Å². The summed E-state index contributed by atoms with van der Waals surface area (Å²) in [4.78, 5) is 38.2. The number of ether oxygens (including phenoxy) is 3. The fourth-order valence-corrected chi connectivity index (χ4v) is 7.74. The van der Waals surface area contributed by atoms with E-state index in [0.717, 1.165) is 173 Å². The van der Waals surface area contributed by atoms with Gasteiger partial charge in [0, 0.05) is 19.3 Å². The number of carbonyl (C=O) groups excluding carboxylic acids is 3. The van der Waals surface area contributed by atoms with Gasteiger partial charge in [-0.25, -0.2) is 0 Å². The summed E-state index contributed by atoms with van der Waals surface area (Å²) in [7, 11) is 0. The molecular weight excluding hydrogens is 937 g/mol. The molecule has 0 aliphatic rings. The minimum atomic E-state index is -0.815. The summed E-state index contributed by atoms with van der Waals surface area (Å²) >= 11 is 0. The normalized spacial score (nSPS) is 13.2. The minimum Gasteiger partial charge on any atom is -0.462 e. The largest absolute Gasteiger partial charge is 0.462 e. The zero-order valence-corrected chi connectivity index (χ0v) is 48.7. The number of unbranched alkanes of at least 4 members (excludes halogenated alkanes) is 16. The monoisotopic (exact) mass is 1050 g/mol. The van der Waals surface area contributed by atoms with Crippen LogP contribution in [0.4, 0.5) is 0 Å². The van der Waals surface area contributed by atoms with Crippen LogP contribution in [0.2, 0.25) is 0 Å². The van der Waals surface area contributed by atoms with Crippen molar-refractivity contribution in [3.8, 4) is 0 Å². The van der Waals surface area contributed by atoms with Gasteiger partial charge in [-0.2, -0.15) is 0 Å². The summed E-state index contributed by atoms with van der Waals surface area (Å²) < 4.78 is 16.8. The minimum absolute atomic E-state index is 0.108. The van der Waals surface area contributed by atoms with Crippen LogP contribution in [-0.2, 0) is 28.6 Å². The van der Waals surface area contributed by atoms with Crippen molar-refractivity contribution in [1.82, 2.24) is 0 Å². The van der Waals surface area contributed by atoms with Crippen molar-refractivity contribution in [2.75, 3.05) is 13.2 Å². The molecule has 6 heteroatoms. The lowest BCUT2D eigenvalue weighted by atomic mass is 10.1. The van der Waals surface area contributed by atoms with Crippen LogP contribution >= 0.6 is 0 Å². The second-order valence-electron chi connectivity index (χ2n) is 19.5. The number of esters is 3. The molecule has 426 valence electrons. The zero-order valence-electron chi connectivity index (χ0n) is 48.7. The van der Waals surface area contributed by atoms with Gasteiger partial charge in [0.15, 0.2) is 6.10 Å². The van der Waals surface area contributed by atoms with Crippen LogP contribution in [0.5, 0.6) is 0 Å². The molecule has 0 spiro atoms. The van der Waals surface area contributed by atoms with Crippen LogP contribution in [0.25, 0.3) is 0 Å². The Kier molecular flexibility index (Phi) is 58.5. The number of hydrogen-bond donors (Lipinski definition) is 0. The highest BCUT2D eigenvalue weighted by Gasteiger charge is 2.19. The maximum Gasteiger partial charge on any atom is 0.306 e. The molecule has 0 aromatic rings. The van der Waals surface area contributed by atoms with E-state index in [1.165, 1.54) is 32.1 Å². The van der Waals surface area contributed by atoms with Gasteiger partial charge in [0.05, 0.1) is 0 Å². The van der Waals surface area contributed by atoms with Crippen molar-refractivity contribution in [3.63, 3.8) is 0 Å². The van der Waals surface area contributed by atoms with Gasteiger partial charge >= 0.3 is 17.9 Å². The molecule has 0 saturated carbocycles. The van der Waals surface area contributed by atoms with Gasteiger partial charge in [-0.15, -0.1) is 0 Å². The van der Waals surface area contributed by atoms with Gasteiger partial charge in [0.1, 0.15) is 13.2 Å². The topological polar surface area (TPSA) is 78.9 Å². The van der Waals surface area contributed by atoms with Crippen LogP contribution < -0.4 is 0 Å². The molecule has 0 heterocycles. The standard InChI is InChI=1S/C70H110O6/c1-4-7-10-13-16-19-22-25-27-29-31-33-35-37-39-41-43-45-48-51-54-57-60-63-69(72)75-66-67(65-74-68(71)62-59-56-53-50-47-24-21-18-15-12-9-6-3)76-70(73)64-61-58-55-52-49-46-44-42-40-38-36-34-32-30-28-26-23-20-17-14-11-8-5-2/h7-8,10-11,16-21,25-28,31-34,37-40,43-46,67H,4-6,9,12-15,22-24,29-30,35-36,41-42,47-66H2,1-3H3/b10-7-,11-8-,19-16-,20-17-,21-18-,27-25-,28-26-,33-31-,34-32-,39-37-,40-38-,45-43-,46-44-. The van der Waals surface area contributed by atoms with E-state index < -0.39 is 6.10 Å². The fraction of sp³-hybridized carbons (Fsp3) is 0.586. The molecule has 0 aromatic heterocycles. The fourth-order valence-electron chi connectivity index (χ4n) is 7.74. The second-order valence-corrected chi connectivity index (χ2v) is 19.5. The molecule has 0 saturated heterocycles. The maximum absolute atomic E-state index is 12.9. The van der Waals surface area contributed by atoms with Gasteiger partial charge in [-0.3, -0.25) is 14.4 Å². The highest BCUT2D eigenvalue weighted by atomic mass is 16.6. The summed E-state index contributed by atoms with van der Waals surface area (Å²) in [5.74, 6) is -0.974. The Morgan fingerprint density at radius 2 is 0.513 bits per heavy atom. The molecule has 0 aliphatic heterocycles. The van der Waals surface area contributed by atoms with Crippen molar-refractivity contribution in [3.05, 3.63) is 158 Å². The lowest BCUT2D eigenvalue weighted by Crippen LogP contribution is -2.30. The van der Waals surface area contributed by atoms with Gasteiger partial charge in [0.25, 0.3) is 0 Å². The van der Waals surface area contributed by atoms with E-state index >= 15 is 0 Å². The Labute approximate surface area is 467 Å². The molecule has 0 aliphatic carbocycles. The van der Waals surface area contributed by atoms with E-state index in [9.17, 15) is 14.4 Å². The molecular formula is C70H110O6. The zero-order chi connectivity index (χ0) is 55.0. The Morgan fingerprint density at radius 1 is 0.276 bits per heavy atom. The molecule has 6 nitrogen and oxygen atoms in total. The number of carbonyl (C=O) groups is 3. The number of hydrogen-bond acceptors (Lipinski definition) is 6. The Morgan fingerprint density at radius 3 is 0.816 bits per heavy atom.